The molecule has 33 heavy (non-hydrogen) atoms. The lowest BCUT2D eigenvalue weighted by molar-refractivity contribution is 0.798. The summed E-state index contributed by atoms with van der Waals surface area (Å²) in [6.45, 7) is 4.63. The van der Waals surface area contributed by atoms with E-state index in [1.165, 1.54) is 4.88 Å². The minimum Gasteiger partial charge on any atom is -0.254 e. The minimum absolute atomic E-state index is 0.539. The summed E-state index contributed by atoms with van der Waals surface area (Å²) in [7, 11) is 0. The van der Waals surface area contributed by atoms with Gasteiger partial charge in [0.1, 0.15) is 16.5 Å². The first kappa shape index (κ1) is 19.5. The molecule has 0 spiro atoms. The fourth-order valence-electron chi connectivity index (χ4n) is 3.95. The molecule has 3 aromatic heterocycles. The van der Waals surface area contributed by atoms with Crippen molar-refractivity contribution in [2.75, 3.05) is 5.01 Å². The first-order valence-corrected chi connectivity index (χ1v) is 11.3. The second kappa shape index (κ2) is 7.75. The van der Waals surface area contributed by atoms with Gasteiger partial charge in [0.25, 0.3) is 5.95 Å². The van der Waals surface area contributed by atoms with Crippen LogP contribution in [0.3, 0.4) is 0 Å². The number of aryl methyl sites for hydroxylation is 2. The first-order chi connectivity index (χ1) is 16.2. The molecule has 0 saturated carbocycles. The van der Waals surface area contributed by atoms with Crippen molar-refractivity contribution in [3.8, 4) is 16.4 Å². The number of hydrogen-bond donors (Lipinski definition) is 1. The Morgan fingerprint density at radius 2 is 1.73 bits per heavy atom. The Balaban J connectivity index is 1.46. The van der Waals surface area contributed by atoms with Crippen LogP contribution in [0.5, 0.6) is 0 Å². The van der Waals surface area contributed by atoms with E-state index in [2.05, 4.69) is 60.5 Å². The number of tetrazole rings is 1. The van der Waals surface area contributed by atoms with Crippen molar-refractivity contribution in [2.45, 2.75) is 20.4 Å². The number of nitrogens with zero attached hydrogens (tertiary/aromatic N) is 8. The van der Waals surface area contributed by atoms with Gasteiger partial charge >= 0.3 is 0 Å². The van der Waals surface area contributed by atoms with E-state index in [1.807, 2.05) is 54.4 Å². The predicted molar refractivity (Wildman–Crippen MR) is 127 cm³/mol. The van der Waals surface area contributed by atoms with Crippen LogP contribution in [0.4, 0.5) is 5.95 Å². The first-order valence-electron chi connectivity index (χ1n) is 10.4. The van der Waals surface area contributed by atoms with Crippen molar-refractivity contribution in [1.29, 1.82) is 0 Å². The zero-order valence-electron chi connectivity index (χ0n) is 18.0. The number of hydrogen-bond acceptors (Lipinski definition) is 8. The summed E-state index contributed by atoms with van der Waals surface area (Å²) in [6, 6.07) is 20.5. The van der Waals surface area contributed by atoms with Crippen molar-refractivity contribution in [2.24, 2.45) is 5.10 Å². The number of fused-ring (bicyclic) bond motifs is 3. The summed E-state index contributed by atoms with van der Waals surface area (Å²) in [6.07, 6.45) is 0. The Hall–Kier alpha value is -4.18. The van der Waals surface area contributed by atoms with Gasteiger partial charge in [0.05, 0.1) is 6.54 Å². The Morgan fingerprint density at radius 1 is 0.909 bits per heavy atom. The van der Waals surface area contributed by atoms with Crippen LogP contribution in [0.1, 0.15) is 27.4 Å². The number of hydrazone groups is 1. The van der Waals surface area contributed by atoms with E-state index in [4.69, 9.17) is 5.10 Å². The van der Waals surface area contributed by atoms with Crippen LogP contribution in [0.15, 0.2) is 65.8 Å². The van der Waals surface area contributed by atoms with Crippen molar-refractivity contribution in [3.05, 3.63) is 88.1 Å². The molecule has 1 aliphatic heterocycles. The molecule has 0 amide bonds. The fraction of sp³-hybridized carbons (Fsp3) is 0.130. The smallest absolute Gasteiger partial charge is 0.253 e. The van der Waals surface area contributed by atoms with Crippen LogP contribution in [-0.2, 0) is 6.54 Å². The summed E-state index contributed by atoms with van der Waals surface area (Å²) in [5.41, 5.74) is 5.07. The van der Waals surface area contributed by atoms with Gasteiger partial charge in [0.15, 0.2) is 5.82 Å². The number of nitrogens with one attached hydrogen (secondary N) is 1. The molecule has 9 nitrogen and oxygen atoms in total. The molecule has 4 heterocycles. The molecule has 6 rings (SSSR count). The lowest BCUT2D eigenvalue weighted by atomic mass is 10.0. The maximum atomic E-state index is 5.12. The summed E-state index contributed by atoms with van der Waals surface area (Å²) in [4.78, 5) is 1.22. The van der Waals surface area contributed by atoms with E-state index >= 15 is 0 Å². The molecule has 1 aliphatic rings. The van der Waals surface area contributed by atoms with Crippen LogP contribution in [0.25, 0.3) is 16.4 Å². The zero-order chi connectivity index (χ0) is 22.4. The number of rotatable bonds is 4. The van der Waals surface area contributed by atoms with Crippen LogP contribution < -0.4 is 5.01 Å². The Bertz CT molecular complexity index is 1450. The number of benzene rings is 2. The van der Waals surface area contributed by atoms with Crippen LogP contribution >= 0.6 is 11.3 Å². The van der Waals surface area contributed by atoms with Gasteiger partial charge in [-0.3, -0.25) is 4.57 Å². The van der Waals surface area contributed by atoms with E-state index in [0.29, 0.717) is 18.3 Å². The number of thiophene rings is 1. The molecule has 0 bridgehead atoms. The monoisotopic (exact) mass is 453 g/mol. The van der Waals surface area contributed by atoms with E-state index in [9.17, 15) is 0 Å². The maximum absolute atomic E-state index is 5.12. The standard InChI is InChI=1S/C23H19N9S/c1-14-12-19-20(17-6-4-3-5-7-17)28-31(23-27-24-15(2)32(23)22(19)33-14)13-16-8-10-18(11-9-16)21-25-29-30-26-21/h3-12H,13H2,1-2H3,(H,25,26,29,30). The molecule has 1 N–H and O–H groups in total. The second-order valence-electron chi connectivity index (χ2n) is 7.78. The SMILES string of the molecule is Cc1cc2c(s1)-n1c(C)nnc1N(Cc1ccc(-c3nnn[nH]3)cc1)N=C2c1ccccc1. The van der Waals surface area contributed by atoms with Gasteiger partial charge in [0, 0.05) is 21.6 Å². The topological polar surface area (TPSA) is 101 Å². The second-order valence-corrected chi connectivity index (χ2v) is 9.01. The van der Waals surface area contributed by atoms with Crippen molar-refractivity contribution < 1.29 is 0 Å². The average Bonchev–Trinajstić information content (AvgIpc) is 3.56. The number of H-pyrrole nitrogens is 1. The summed E-state index contributed by atoms with van der Waals surface area (Å²) in [5, 5.41) is 31.1. The molecule has 0 atom stereocenters. The predicted octanol–water partition coefficient (Wildman–Crippen LogP) is 3.90. The highest BCUT2D eigenvalue weighted by molar-refractivity contribution is 7.15. The molecule has 0 unspecified atom stereocenters. The Labute approximate surface area is 193 Å². The van der Waals surface area contributed by atoms with Gasteiger partial charge < -0.3 is 0 Å². The Morgan fingerprint density at radius 3 is 2.48 bits per heavy atom. The van der Waals surface area contributed by atoms with Crippen LogP contribution in [-0.4, -0.2) is 41.1 Å². The highest BCUT2D eigenvalue weighted by Gasteiger charge is 2.28. The fourth-order valence-corrected chi connectivity index (χ4v) is 5.00. The third-order valence-corrected chi connectivity index (χ3v) is 6.54. The third kappa shape index (κ3) is 3.40. The van der Waals surface area contributed by atoms with Gasteiger partial charge in [0.2, 0.25) is 0 Å². The normalized spacial score (nSPS) is 12.8. The molecule has 0 fully saturated rings. The summed E-state index contributed by atoms with van der Waals surface area (Å²) in [5.74, 6) is 2.16. The van der Waals surface area contributed by atoms with Gasteiger partial charge in [-0.05, 0) is 35.9 Å². The molecular formula is C23H19N9S. The van der Waals surface area contributed by atoms with Crippen LogP contribution in [0.2, 0.25) is 0 Å². The van der Waals surface area contributed by atoms with Gasteiger partial charge in [-0.25, -0.2) is 10.1 Å². The van der Waals surface area contributed by atoms with Gasteiger partial charge in [-0.1, -0.05) is 54.6 Å². The molecule has 0 radical (unpaired) electrons. The number of aromatic nitrogens is 7. The van der Waals surface area contributed by atoms with E-state index in [1.54, 1.807) is 11.3 Å². The van der Waals surface area contributed by atoms with E-state index in [0.717, 1.165) is 38.8 Å². The molecule has 10 heteroatoms. The van der Waals surface area contributed by atoms with Crippen molar-refractivity contribution in [3.63, 3.8) is 0 Å². The molecule has 5 aromatic rings. The quantitative estimate of drug-likeness (QED) is 0.443. The van der Waals surface area contributed by atoms with Crippen molar-refractivity contribution in [1.82, 2.24) is 35.4 Å². The van der Waals surface area contributed by atoms with Gasteiger partial charge in [-0.2, -0.15) is 5.10 Å². The van der Waals surface area contributed by atoms with Gasteiger partial charge in [-0.15, -0.1) is 26.6 Å². The van der Waals surface area contributed by atoms with E-state index in [-0.39, 0.29) is 0 Å². The molecule has 0 saturated heterocycles. The maximum Gasteiger partial charge on any atom is 0.253 e. The number of aromatic amines is 1. The average molecular weight is 454 g/mol. The minimum atomic E-state index is 0.539. The lowest BCUT2D eigenvalue weighted by Crippen LogP contribution is -2.20. The third-order valence-electron chi connectivity index (χ3n) is 5.51. The largest absolute Gasteiger partial charge is 0.254 e. The van der Waals surface area contributed by atoms with Crippen LogP contribution in [0, 0.1) is 13.8 Å². The Kier molecular flexibility index (Phi) is 4.58. The molecule has 0 aliphatic carbocycles. The van der Waals surface area contributed by atoms with E-state index < -0.39 is 0 Å². The summed E-state index contributed by atoms with van der Waals surface area (Å²) < 4.78 is 2.10. The molecular weight excluding hydrogens is 434 g/mol. The summed E-state index contributed by atoms with van der Waals surface area (Å²) >= 11 is 1.73. The highest BCUT2D eigenvalue weighted by Crippen LogP contribution is 2.35. The number of anilines is 1. The zero-order valence-corrected chi connectivity index (χ0v) is 18.8. The molecule has 2 aromatic carbocycles. The van der Waals surface area contributed by atoms with Crippen molar-refractivity contribution >= 4 is 23.0 Å². The molecule has 162 valence electrons. The lowest BCUT2D eigenvalue weighted by Gasteiger charge is -2.18. The highest BCUT2D eigenvalue weighted by atomic mass is 32.1.